The number of carbonyl (C=O) groups excluding carboxylic acids is 1. The van der Waals surface area contributed by atoms with Crippen molar-refractivity contribution in [1.29, 1.82) is 0 Å². The van der Waals surface area contributed by atoms with Crippen molar-refractivity contribution in [1.82, 2.24) is 10.4 Å². The van der Waals surface area contributed by atoms with Crippen molar-refractivity contribution in [2.75, 3.05) is 19.5 Å². The predicted octanol–water partition coefficient (Wildman–Crippen LogP) is 4.68. The van der Waals surface area contributed by atoms with Crippen molar-refractivity contribution in [2.45, 2.75) is 4.90 Å². The Morgan fingerprint density at radius 1 is 1.13 bits per heavy atom. The maximum Gasteiger partial charge on any atom is 0.271 e. The van der Waals surface area contributed by atoms with Crippen LogP contribution < -0.4 is 14.9 Å². The quantitative estimate of drug-likeness (QED) is 0.226. The number of hydrogen-bond donors (Lipinski definition) is 1. The highest BCUT2D eigenvalue weighted by atomic mass is 35.5. The summed E-state index contributed by atoms with van der Waals surface area (Å²) in [6, 6.07) is 16.4. The van der Waals surface area contributed by atoms with E-state index in [0.29, 0.717) is 23.7 Å². The van der Waals surface area contributed by atoms with Gasteiger partial charge in [0.25, 0.3) is 5.91 Å². The predicted molar refractivity (Wildman–Crippen MR) is 120 cm³/mol. The Morgan fingerprint density at radius 2 is 1.90 bits per heavy atom. The Kier molecular flexibility index (Phi) is 8.11. The number of hydrazone groups is 1. The number of pyridine rings is 1. The second-order valence-electron chi connectivity index (χ2n) is 6.00. The number of ether oxygens (including phenoxy) is 2. The van der Waals surface area contributed by atoms with Gasteiger partial charge in [0.1, 0.15) is 0 Å². The number of carbonyl (C=O) groups is 1. The van der Waals surface area contributed by atoms with E-state index in [2.05, 4.69) is 15.5 Å². The number of rotatable bonds is 9. The molecule has 0 fully saturated rings. The molecular formula is C22H20ClN3O3S. The molecule has 1 amide bonds. The molecule has 0 spiro atoms. The Labute approximate surface area is 184 Å². The molecule has 0 radical (unpaired) electrons. The second-order valence-corrected chi connectivity index (χ2v) is 7.60. The van der Waals surface area contributed by atoms with Gasteiger partial charge in [0.05, 0.1) is 19.9 Å². The van der Waals surface area contributed by atoms with Crippen molar-refractivity contribution in [2.24, 2.45) is 5.10 Å². The molecule has 154 valence electrons. The largest absolute Gasteiger partial charge is 0.493 e. The van der Waals surface area contributed by atoms with Gasteiger partial charge in [0.15, 0.2) is 11.5 Å². The van der Waals surface area contributed by atoms with Crippen LogP contribution in [0.5, 0.6) is 11.5 Å². The topological polar surface area (TPSA) is 72.8 Å². The summed E-state index contributed by atoms with van der Waals surface area (Å²) in [6.07, 6.45) is 4.65. The molecule has 0 aliphatic rings. The van der Waals surface area contributed by atoms with Gasteiger partial charge in [-0.3, -0.25) is 9.78 Å². The van der Waals surface area contributed by atoms with Crippen LogP contribution in [-0.4, -0.2) is 36.6 Å². The first kappa shape index (κ1) is 21.7. The van der Waals surface area contributed by atoms with Crippen molar-refractivity contribution < 1.29 is 14.3 Å². The number of thioether (sulfide) groups is 1. The molecule has 2 aromatic carbocycles. The zero-order valence-corrected chi connectivity index (χ0v) is 17.8. The van der Waals surface area contributed by atoms with Crippen LogP contribution in [-0.2, 0) is 0 Å². The van der Waals surface area contributed by atoms with Gasteiger partial charge in [-0.05, 0) is 60.2 Å². The Hall–Kier alpha value is -3.03. The Morgan fingerprint density at radius 3 is 2.63 bits per heavy atom. The molecular weight excluding hydrogens is 422 g/mol. The highest BCUT2D eigenvalue weighted by molar-refractivity contribution is 7.99. The molecule has 0 saturated heterocycles. The lowest BCUT2D eigenvalue weighted by Gasteiger charge is -2.11. The van der Waals surface area contributed by atoms with Gasteiger partial charge >= 0.3 is 0 Å². The molecule has 0 atom stereocenters. The first-order valence-corrected chi connectivity index (χ1v) is 10.4. The lowest BCUT2D eigenvalue weighted by Crippen LogP contribution is -2.17. The van der Waals surface area contributed by atoms with Crippen LogP contribution in [0.1, 0.15) is 15.9 Å². The normalized spacial score (nSPS) is 10.7. The molecule has 1 N–H and O–H groups in total. The molecule has 3 rings (SSSR count). The zero-order chi connectivity index (χ0) is 21.2. The third-order valence-electron chi connectivity index (χ3n) is 3.93. The SMILES string of the molecule is COc1cc(/C=N\NC(=O)c2ccncc2)ccc1OCCSc1ccc(Cl)cc1. The number of hydrogen-bond acceptors (Lipinski definition) is 6. The standard InChI is InChI=1S/C22H20ClN3O3S/c1-28-21-14-16(15-25-26-22(27)17-8-10-24-11-9-17)2-7-20(21)29-12-13-30-19-5-3-18(23)4-6-19/h2-11,14-15H,12-13H2,1H3,(H,26,27)/b25-15-. The second kappa shape index (κ2) is 11.2. The van der Waals surface area contributed by atoms with E-state index in [-0.39, 0.29) is 5.91 Å². The summed E-state index contributed by atoms with van der Waals surface area (Å²) < 4.78 is 11.2. The number of methoxy groups -OCH3 is 1. The van der Waals surface area contributed by atoms with E-state index in [4.69, 9.17) is 21.1 Å². The summed E-state index contributed by atoms with van der Waals surface area (Å²) in [5.41, 5.74) is 3.73. The molecule has 1 heterocycles. The smallest absolute Gasteiger partial charge is 0.271 e. The van der Waals surface area contributed by atoms with Crippen molar-refractivity contribution in [3.8, 4) is 11.5 Å². The zero-order valence-electron chi connectivity index (χ0n) is 16.2. The number of amides is 1. The average Bonchev–Trinajstić information content (AvgIpc) is 2.79. The number of aromatic nitrogens is 1. The fourth-order valence-electron chi connectivity index (χ4n) is 2.46. The summed E-state index contributed by atoms with van der Waals surface area (Å²) in [5.74, 6) is 1.72. The van der Waals surface area contributed by atoms with Crippen LogP contribution in [0.2, 0.25) is 5.02 Å². The molecule has 1 aromatic heterocycles. The fraction of sp³-hybridized carbons (Fsp3) is 0.136. The van der Waals surface area contributed by atoms with Crippen molar-refractivity contribution >= 4 is 35.5 Å². The first-order valence-electron chi connectivity index (χ1n) is 9.08. The summed E-state index contributed by atoms with van der Waals surface area (Å²) in [5, 5.41) is 4.71. The molecule has 0 aliphatic heterocycles. The van der Waals surface area contributed by atoms with Crippen LogP contribution >= 0.6 is 23.4 Å². The molecule has 0 saturated carbocycles. The van der Waals surface area contributed by atoms with E-state index in [1.54, 1.807) is 55.7 Å². The number of halogens is 1. The molecule has 30 heavy (non-hydrogen) atoms. The third kappa shape index (κ3) is 6.50. The summed E-state index contributed by atoms with van der Waals surface area (Å²) in [4.78, 5) is 17.0. The average molecular weight is 442 g/mol. The monoisotopic (exact) mass is 441 g/mol. The summed E-state index contributed by atoms with van der Waals surface area (Å²) in [7, 11) is 1.58. The highest BCUT2D eigenvalue weighted by Crippen LogP contribution is 2.28. The van der Waals surface area contributed by atoms with Crippen LogP contribution in [0.3, 0.4) is 0 Å². The van der Waals surface area contributed by atoms with Gasteiger partial charge in [-0.1, -0.05) is 11.6 Å². The van der Waals surface area contributed by atoms with E-state index >= 15 is 0 Å². The Balaban J connectivity index is 1.51. The number of nitrogens with zero attached hydrogens (tertiary/aromatic N) is 2. The molecule has 0 bridgehead atoms. The van der Waals surface area contributed by atoms with Gasteiger partial charge in [-0.15, -0.1) is 11.8 Å². The van der Waals surface area contributed by atoms with E-state index in [1.807, 2.05) is 36.4 Å². The molecule has 6 nitrogen and oxygen atoms in total. The van der Waals surface area contributed by atoms with E-state index < -0.39 is 0 Å². The highest BCUT2D eigenvalue weighted by Gasteiger charge is 2.06. The third-order valence-corrected chi connectivity index (χ3v) is 5.16. The van der Waals surface area contributed by atoms with Crippen LogP contribution in [0.25, 0.3) is 0 Å². The van der Waals surface area contributed by atoms with Gasteiger partial charge in [0, 0.05) is 33.6 Å². The molecule has 3 aromatic rings. The van der Waals surface area contributed by atoms with Crippen LogP contribution in [0.4, 0.5) is 0 Å². The van der Waals surface area contributed by atoms with Crippen molar-refractivity contribution in [3.05, 3.63) is 83.1 Å². The lowest BCUT2D eigenvalue weighted by molar-refractivity contribution is 0.0955. The van der Waals surface area contributed by atoms with E-state index in [9.17, 15) is 4.79 Å². The van der Waals surface area contributed by atoms with Gasteiger partial charge in [0.2, 0.25) is 0 Å². The number of nitrogens with one attached hydrogen (secondary N) is 1. The lowest BCUT2D eigenvalue weighted by atomic mass is 10.2. The maximum absolute atomic E-state index is 12.0. The molecule has 8 heteroatoms. The van der Waals surface area contributed by atoms with Gasteiger partial charge in [-0.2, -0.15) is 5.10 Å². The molecule has 0 aliphatic carbocycles. The minimum Gasteiger partial charge on any atom is -0.493 e. The fourth-order valence-corrected chi connectivity index (χ4v) is 3.32. The summed E-state index contributed by atoms with van der Waals surface area (Å²) in [6.45, 7) is 0.527. The minimum atomic E-state index is -0.307. The van der Waals surface area contributed by atoms with Gasteiger partial charge < -0.3 is 9.47 Å². The maximum atomic E-state index is 12.0. The Bertz CT molecular complexity index is 998. The van der Waals surface area contributed by atoms with Crippen LogP contribution in [0.15, 0.2) is 77.0 Å². The minimum absolute atomic E-state index is 0.307. The number of benzene rings is 2. The van der Waals surface area contributed by atoms with Gasteiger partial charge in [-0.25, -0.2) is 5.43 Å². The molecule has 0 unspecified atom stereocenters. The van der Waals surface area contributed by atoms with E-state index in [0.717, 1.165) is 21.2 Å². The van der Waals surface area contributed by atoms with Crippen molar-refractivity contribution in [3.63, 3.8) is 0 Å². The van der Waals surface area contributed by atoms with E-state index in [1.165, 1.54) is 0 Å². The first-order chi connectivity index (χ1) is 14.7. The summed E-state index contributed by atoms with van der Waals surface area (Å²) >= 11 is 7.58. The van der Waals surface area contributed by atoms with Crippen LogP contribution in [0, 0.1) is 0 Å².